The Hall–Kier alpha value is -1.55. The molecule has 150 valence electrons. The standard InChI is InChI=1S/C17H20ClF3N2O3S/c1-12-4-6-14(26-12)11-23(9-8-22(2)3)27(24,25)16-10-13(17(19,20)21)5-7-15(16)18/h4-7,10H,8-9,11H2,1-3H3. The Morgan fingerprint density at radius 2 is 1.78 bits per heavy atom. The van der Waals surface area contributed by atoms with Crippen molar-refractivity contribution in [2.45, 2.75) is 24.5 Å². The van der Waals surface area contributed by atoms with E-state index in [1.165, 1.54) is 0 Å². The van der Waals surface area contributed by atoms with Crippen LogP contribution in [0.25, 0.3) is 0 Å². The first kappa shape index (κ1) is 21.7. The lowest BCUT2D eigenvalue weighted by Crippen LogP contribution is -2.36. The second-order valence-electron chi connectivity index (χ2n) is 6.30. The van der Waals surface area contributed by atoms with E-state index in [9.17, 15) is 21.6 Å². The van der Waals surface area contributed by atoms with Crippen LogP contribution in [0.1, 0.15) is 17.1 Å². The van der Waals surface area contributed by atoms with E-state index in [4.69, 9.17) is 16.0 Å². The number of rotatable bonds is 7. The lowest BCUT2D eigenvalue weighted by atomic mass is 10.2. The number of aryl methyl sites for hydroxylation is 1. The molecule has 0 aliphatic heterocycles. The molecule has 1 aromatic carbocycles. The largest absolute Gasteiger partial charge is 0.465 e. The molecule has 0 saturated carbocycles. The number of hydrogen-bond acceptors (Lipinski definition) is 4. The SMILES string of the molecule is Cc1ccc(CN(CCN(C)C)S(=O)(=O)c2cc(C(F)(F)F)ccc2Cl)o1. The molecule has 0 aliphatic carbocycles. The summed E-state index contributed by atoms with van der Waals surface area (Å²) >= 11 is 5.94. The molecule has 2 rings (SSSR count). The highest BCUT2D eigenvalue weighted by Gasteiger charge is 2.34. The summed E-state index contributed by atoms with van der Waals surface area (Å²) < 4.78 is 71.7. The lowest BCUT2D eigenvalue weighted by molar-refractivity contribution is -0.137. The van der Waals surface area contributed by atoms with Gasteiger partial charge in [0.1, 0.15) is 16.4 Å². The number of benzene rings is 1. The maximum Gasteiger partial charge on any atom is 0.416 e. The normalized spacial score (nSPS) is 12.9. The highest BCUT2D eigenvalue weighted by Crippen LogP contribution is 2.34. The molecule has 0 amide bonds. The Balaban J connectivity index is 2.46. The minimum absolute atomic E-state index is 0.0572. The number of likely N-dealkylation sites (N-methyl/N-ethyl adjacent to an activating group) is 1. The summed E-state index contributed by atoms with van der Waals surface area (Å²) in [5, 5.41) is -0.270. The number of hydrogen-bond donors (Lipinski definition) is 0. The van der Waals surface area contributed by atoms with Gasteiger partial charge in [-0.05, 0) is 51.4 Å². The maximum absolute atomic E-state index is 13.1. The van der Waals surface area contributed by atoms with E-state index >= 15 is 0 Å². The van der Waals surface area contributed by atoms with Gasteiger partial charge in [-0.3, -0.25) is 0 Å². The zero-order valence-electron chi connectivity index (χ0n) is 15.0. The Labute approximate surface area is 161 Å². The van der Waals surface area contributed by atoms with Crippen LogP contribution in [0.3, 0.4) is 0 Å². The van der Waals surface area contributed by atoms with Gasteiger partial charge < -0.3 is 9.32 Å². The van der Waals surface area contributed by atoms with Gasteiger partial charge in [0.2, 0.25) is 10.0 Å². The maximum atomic E-state index is 13.1. The molecule has 1 heterocycles. The van der Waals surface area contributed by atoms with Crippen LogP contribution < -0.4 is 0 Å². The molecule has 1 aromatic heterocycles. The van der Waals surface area contributed by atoms with Gasteiger partial charge in [0.15, 0.2) is 0 Å². The first-order chi connectivity index (χ1) is 12.4. The average molecular weight is 425 g/mol. The molecule has 5 nitrogen and oxygen atoms in total. The van der Waals surface area contributed by atoms with Gasteiger partial charge in [-0.15, -0.1) is 0 Å². The van der Waals surface area contributed by atoms with Crippen molar-refractivity contribution in [1.82, 2.24) is 9.21 Å². The van der Waals surface area contributed by atoms with E-state index in [0.29, 0.717) is 24.1 Å². The van der Waals surface area contributed by atoms with Crippen molar-refractivity contribution in [3.8, 4) is 0 Å². The molecule has 0 unspecified atom stereocenters. The molecule has 0 N–H and O–H groups in total. The zero-order chi connectivity index (χ0) is 20.4. The van der Waals surface area contributed by atoms with Crippen LogP contribution >= 0.6 is 11.6 Å². The van der Waals surface area contributed by atoms with Crippen LogP contribution in [0.2, 0.25) is 5.02 Å². The van der Waals surface area contributed by atoms with Crippen LogP contribution in [-0.4, -0.2) is 44.8 Å². The Kier molecular flexibility index (Phi) is 6.62. The number of alkyl halides is 3. The topological polar surface area (TPSA) is 53.8 Å². The van der Waals surface area contributed by atoms with Crippen molar-refractivity contribution in [2.75, 3.05) is 27.2 Å². The zero-order valence-corrected chi connectivity index (χ0v) is 16.6. The number of furan rings is 1. The van der Waals surface area contributed by atoms with Gasteiger partial charge in [-0.1, -0.05) is 11.6 Å². The second kappa shape index (κ2) is 8.22. The van der Waals surface area contributed by atoms with Crippen LogP contribution in [0.5, 0.6) is 0 Å². The molecule has 0 saturated heterocycles. The van der Waals surface area contributed by atoms with Crippen molar-refractivity contribution in [2.24, 2.45) is 0 Å². The molecular weight excluding hydrogens is 405 g/mol. The van der Waals surface area contributed by atoms with E-state index in [-0.39, 0.29) is 18.1 Å². The highest BCUT2D eigenvalue weighted by molar-refractivity contribution is 7.89. The van der Waals surface area contributed by atoms with Crippen LogP contribution in [0.15, 0.2) is 39.6 Å². The van der Waals surface area contributed by atoms with Gasteiger partial charge in [0.05, 0.1) is 17.1 Å². The minimum atomic E-state index is -4.68. The third-order valence-corrected chi connectivity index (χ3v) is 6.13. The van der Waals surface area contributed by atoms with Crippen LogP contribution in [0.4, 0.5) is 13.2 Å². The quantitative estimate of drug-likeness (QED) is 0.673. The molecule has 10 heteroatoms. The van der Waals surface area contributed by atoms with Gasteiger partial charge in [0.25, 0.3) is 0 Å². The van der Waals surface area contributed by atoms with Crippen molar-refractivity contribution in [3.63, 3.8) is 0 Å². The molecule has 0 aliphatic rings. The molecule has 0 spiro atoms. The van der Waals surface area contributed by atoms with Gasteiger partial charge >= 0.3 is 6.18 Å². The second-order valence-corrected chi connectivity index (χ2v) is 8.61. The smallest absolute Gasteiger partial charge is 0.416 e. The summed E-state index contributed by atoms with van der Waals surface area (Å²) in [6.07, 6.45) is -4.68. The fraction of sp³-hybridized carbons (Fsp3) is 0.412. The molecule has 0 fully saturated rings. The Morgan fingerprint density at radius 1 is 1.11 bits per heavy atom. The van der Waals surface area contributed by atoms with Crippen molar-refractivity contribution >= 4 is 21.6 Å². The summed E-state index contributed by atoms with van der Waals surface area (Å²) in [6, 6.07) is 5.57. The van der Waals surface area contributed by atoms with E-state index in [2.05, 4.69) is 0 Å². The van der Waals surface area contributed by atoms with Gasteiger partial charge in [-0.2, -0.15) is 17.5 Å². The first-order valence-electron chi connectivity index (χ1n) is 7.98. The van der Waals surface area contributed by atoms with Gasteiger partial charge in [-0.25, -0.2) is 8.42 Å². The third kappa shape index (κ3) is 5.47. The molecular formula is C17H20ClF3N2O3S. The van der Waals surface area contributed by atoms with Crippen molar-refractivity contribution in [3.05, 3.63) is 52.4 Å². The number of sulfonamides is 1. The predicted molar refractivity (Wildman–Crippen MR) is 96.0 cm³/mol. The summed E-state index contributed by atoms with van der Waals surface area (Å²) in [5.74, 6) is 0.991. The molecule has 27 heavy (non-hydrogen) atoms. The predicted octanol–water partition coefficient (Wildman–Crippen LogP) is 4.01. The fourth-order valence-corrected chi connectivity index (χ4v) is 4.25. The molecule has 0 radical (unpaired) electrons. The summed E-state index contributed by atoms with van der Waals surface area (Å²) in [7, 11) is -0.758. The van der Waals surface area contributed by atoms with E-state index < -0.39 is 26.7 Å². The average Bonchev–Trinajstić information content (AvgIpc) is 2.95. The van der Waals surface area contributed by atoms with E-state index in [1.54, 1.807) is 38.1 Å². The minimum Gasteiger partial charge on any atom is -0.465 e. The highest BCUT2D eigenvalue weighted by atomic mass is 35.5. The number of halogens is 4. The Bertz CT molecular complexity index is 895. The van der Waals surface area contributed by atoms with E-state index in [0.717, 1.165) is 16.4 Å². The summed E-state index contributed by atoms with van der Waals surface area (Å²) in [6.45, 7) is 2.03. The van der Waals surface area contributed by atoms with Crippen molar-refractivity contribution < 1.29 is 26.0 Å². The van der Waals surface area contributed by atoms with Crippen LogP contribution in [0, 0.1) is 6.92 Å². The van der Waals surface area contributed by atoms with Gasteiger partial charge in [0, 0.05) is 13.1 Å². The number of nitrogens with zero attached hydrogens (tertiary/aromatic N) is 2. The molecule has 0 atom stereocenters. The van der Waals surface area contributed by atoms with E-state index in [1.807, 2.05) is 0 Å². The first-order valence-corrected chi connectivity index (χ1v) is 9.80. The molecule has 0 bridgehead atoms. The van der Waals surface area contributed by atoms with Crippen molar-refractivity contribution in [1.29, 1.82) is 0 Å². The monoisotopic (exact) mass is 424 g/mol. The fourth-order valence-electron chi connectivity index (χ4n) is 2.36. The lowest BCUT2D eigenvalue weighted by Gasteiger charge is -2.24. The molecule has 2 aromatic rings. The third-order valence-electron chi connectivity index (χ3n) is 3.80. The Morgan fingerprint density at radius 3 is 2.30 bits per heavy atom. The summed E-state index contributed by atoms with van der Waals surface area (Å²) in [4.78, 5) is 1.19. The summed E-state index contributed by atoms with van der Waals surface area (Å²) in [5.41, 5.74) is -1.08. The van der Waals surface area contributed by atoms with Crippen LogP contribution in [-0.2, 0) is 22.7 Å².